The summed E-state index contributed by atoms with van der Waals surface area (Å²) >= 11 is 7.09. The van der Waals surface area contributed by atoms with Crippen molar-refractivity contribution in [2.24, 2.45) is 0 Å². The third-order valence-electron chi connectivity index (χ3n) is 8.71. The maximum absolute atomic E-state index is 14.3. The molecule has 4 heterocycles. The molecule has 2 aromatic carbocycles. The second kappa shape index (κ2) is 14.1. The molecule has 0 unspecified atom stereocenters. The average molecular weight is 691 g/mol. The van der Waals surface area contributed by atoms with Gasteiger partial charge in [-0.15, -0.1) is 0 Å². The normalized spacial score (nSPS) is 15.3. The van der Waals surface area contributed by atoms with Crippen molar-refractivity contribution in [1.82, 2.24) is 24.4 Å². The number of amides is 1. The van der Waals surface area contributed by atoms with Crippen molar-refractivity contribution in [3.8, 4) is 16.9 Å². The highest BCUT2D eigenvalue weighted by Crippen LogP contribution is 2.36. The van der Waals surface area contributed by atoms with Crippen LogP contribution in [0, 0.1) is 6.92 Å². The van der Waals surface area contributed by atoms with Gasteiger partial charge in [-0.2, -0.15) is 4.98 Å². The zero-order valence-corrected chi connectivity index (χ0v) is 30.4. The number of carbonyl (C=O) groups is 1. The van der Waals surface area contributed by atoms with Crippen LogP contribution in [-0.4, -0.2) is 61.8 Å². The predicted molar refractivity (Wildman–Crippen MR) is 202 cm³/mol. The Hall–Kier alpha value is -5.02. The average Bonchev–Trinajstić information content (AvgIpc) is 3.07. The number of carbonyl (C=O) groups excluding carboxylic acids is 1. The molecular weight excluding hydrogens is 648 g/mol. The van der Waals surface area contributed by atoms with Crippen molar-refractivity contribution < 1.29 is 9.53 Å². The van der Waals surface area contributed by atoms with Crippen LogP contribution in [0.1, 0.15) is 69.8 Å². The van der Waals surface area contributed by atoms with Crippen molar-refractivity contribution in [2.45, 2.75) is 66.0 Å². The van der Waals surface area contributed by atoms with Crippen LogP contribution in [0.15, 0.2) is 77.7 Å². The Morgan fingerprint density at radius 1 is 0.980 bits per heavy atom. The molecule has 0 bridgehead atoms. The highest BCUT2D eigenvalue weighted by molar-refractivity contribution is 6.33. The molecule has 1 atom stereocenters. The van der Waals surface area contributed by atoms with E-state index in [1.807, 2.05) is 89.2 Å². The quantitative estimate of drug-likeness (QED) is 0.165. The van der Waals surface area contributed by atoms with E-state index in [9.17, 15) is 9.59 Å². The number of nitrogens with zero attached hydrogens (tertiary/aromatic N) is 6. The number of fused-ring (bicyclic) bond motifs is 1. The topological polar surface area (TPSA) is 93.5 Å². The maximum Gasteiger partial charge on any atom is 0.410 e. The first-order valence-electron chi connectivity index (χ1n) is 17.0. The Labute approximate surface area is 298 Å². The van der Waals surface area contributed by atoms with E-state index in [0.717, 1.165) is 27.9 Å². The van der Waals surface area contributed by atoms with Crippen molar-refractivity contribution in [3.63, 3.8) is 0 Å². The molecule has 0 spiro atoms. The van der Waals surface area contributed by atoms with E-state index in [1.54, 1.807) is 15.7 Å². The van der Waals surface area contributed by atoms with Gasteiger partial charge in [-0.25, -0.2) is 19.1 Å². The molecule has 50 heavy (non-hydrogen) atoms. The Kier molecular flexibility index (Phi) is 9.80. The molecule has 1 aliphatic heterocycles. The summed E-state index contributed by atoms with van der Waals surface area (Å²) in [7, 11) is 0. The number of benzene rings is 2. The minimum atomic E-state index is -0.600. The molecule has 1 amide bonds. The molecule has 10 heteroatoms. The van der Waals surface area contributed by atoms with E-state index in [1.165, 1.54) is 0 Å². The summed E-state index contributed by atoms with van der Waals surface area (Å²) in [6.07, 6.45) is 5.52. The molecule has 258 valence electrons. The van der Waals surface area contributed by atoms with Gasteiger partial charge in [-0.05, 0) is 75.4 Å². The van der Waals surface area contributed by atoms with Gasteiger partial charge < -0.3 is 14.5 Å². The first-order chi connectivity index (χ1) is 23.8. The number of ether oxygens (including phenoxy) is 1. The molecule has 0 radical (unpaired) electrons. The number of hydrogen-bond acceptors (Lipinski definition) is 7. The Morgan fingerprint density at radius 3 is 2.40 bits per heavy atom. The van der Waals surface area contributed by atoms with Crippen LogP contribution in [0.25, 0.3) is 40.1 Å². The van der Waals surface area contributed by atoms with E-state index in [4.69, 9.17) is 26.3 Å². The number of piperazine rings is 1. The predicted octanol–water partition coefficient (Wildman–Crippen LogP) is 8.54. The molecule has 1 fully saturated rings. The molecule has 6 rings (SSSR count). The fourth-order valence-corrected chi connectivity index (χ4v) is 6.58. The monoisotopic (exact) mass is 690 g/mol. The molecule has 1 aliphatic rings. The molecule has 5 aromatic rings. The summed E-state index contributed by atoms with van der Waals surface area (Å²) in [4.78, 5) is 45.5. The summed E-state index contributed by atoms with van der Waals surface area (Å²) in [5, 5.41) is 1.07. The SMILES string of the molecule is Cc1ccnc(C(C)C)c1-n1c(=O)nc(N2CCN(C(=O)OC(C)(C)C)C[C@@H]2C)c2cc(Cl)c(-c3cccc(/C=C/c4ccccc4)c3)nc21. The van der Waals surface area contributed by atoms with Gasteiger partial charge in [0.05, 0.1) is 27.5 Å². The lowest BCUT2D eigenvalue weighted by molar-refractivity contribution is 0.0218. The van der Waals surface area contributed by atoms with E-state index >= 15 is 0 Å². The van der Waals surface area contributed by atoms with Crippen LogP contribution in [0.4, 0.5) is 10.6 Å². The summed E-state index contributed by atoms with van der Waals surface area (Å²) in [5.74, 6) is 0.512. The third kappa shape index (κ3) is 7.28. The minimum absolute atomic E-state index is 0.0346. The Morgan fingerprint density at radius 2 is 1.70 bits per heavy atom. The second-order valence-corrected chi connectivity index (χ2v) is 14.5. The molecule has 3 aromatic heterocycles. The van der Waals surface area contributed by atoms with Gasteiger partial charge in [0.1, 0.15) is 11.4 Å². The van der Waals surface area contributed by atoms with Gasteiger partial charge in [0.2, 0.25) is 0 Å². The smallest absolute Gasteiger partial charge is 0.410 e. The second-order valence-electron chi connectivity index (χ2n) is 14.1. The van der Waals surface area contributed by atoms with Crippen molar-refractivity contribution >= 4 is 46.7 Å². The van der Waals surface area contributed by atoms with Gasteiger partial charge in [-0.1, -0.05) is 86.1 Å². The van der Waals surface area contributed by atoms with Gasteiger partial charge in [0.25, 0.3) is 0 Å². The van der Waals surface area contributed by atoms with E-state index < -0.39 is 11.3 Å². The summed E-state index contributed by atoms with van der Waals surface area (Å²) in [6, 6.07) is 21.7. The van der Waals surface area contributed by atoms with Gasteiger partial charge in [0, 0.05) is 37.4 Å². The molecule has 9 nitrogen and oxygen atoms in total. The lowest BCUT2D eigenvalue weighted by Crippen LogP contribution is -2.55. The van der Waals surface area contributed by atoms with Crippen molar-refractivity contribution in [2.75, 3.05) is 24.5 Å². The van der Waals surface area contributed by atoms with Gasteiger partial charge in [-0.3, -0.25) is 4.98 Å². The van der Waals surface area contributed by atoms with E-state index in [2.05, 4.69) is 48.0 Å². The van der Waals surface area contributed by atoms with Crippen LogP contribution in [0.5, 0.6) is 0 Å². The highest BCUT2D eigenvalue weighted by Gasteiger charge is 2.33. The summed E-state index contributed by atoms with van der Waals surface area (Å²) in [5.41, 5.74) is 5.14. The van der Waals surface area contributed by atoms with Gasteiger partial charge in [0.15, 0.2) is 5.65 Å². The number of aryl methyl sites for hydroxylation is 1. The van der Waals surface area contributed by atoms with Crippen LogP contribution in [0.3, 0.4) is 0 Å². The van der Waals surface area contributed by atoms with Crippen LogP contribution in [0.2, 0.25) is 5.02 Å². The number of aromatic nitrogens is 4. The van der Waals surface area contributed by atoms with E-state index in [-0.39, 0.29) is 18.1 Å². The standard InChI is InChI=1S/C40H43ClN6O3/c1-25(2)33-35(26(3)18-19-42-33)47-37-31(36(44-38(47)48)46-21-20-45(24-27(46)4)39(49)50-40(5,6)7)23-32(41)34(43-37)30-15-11-14-29(22-30)17-16-28-12-9-8-10-13-28/h8-19,22-23,25,27H,20-21,24H2,1-7H3/b17-16+/t27-/m0/s1. The van der Waals surface area contributed by atoms with Crippen LogP contribution in [-0.2, 0) is 4.74 Å². The third-order valence-corrected chi connectivity index (χ3v) is 8.99. The zero-order valence-electron chi connectivity index (χ0n) is 29.6. The van der Waals surface area contributed by atoms with Crippen molar-refractivity contribution in [1.29, 1.82) is 0 Å². The fourth-order valence-electron chi connectivity index (χ4n) is 6.32. The maximum atomic E-state index is 14.3. The van der Waals surface area contributed by atoms with Crippen LogP contribution >= 0.6 is 11.6 Å². The number of anilines is 1. The first kappa shape index (κ1) is 34.8. The number of rotatable bonds is 6. The number of hydrogen-bond donors (Lipinski definition) is 0. The number of pyridine rings is 2. The molecule has 1 saturated heterocycles. The fraction of sp³-hybridized carbons (Fsp3) is 0.325. The first-order valence-corrected chi connectivity index (χ1v) is 17.4. The zero-order chi connectivity index (χ0) is 35.7. The minimum Gasteiger partial charge on any atom is -0.444 e. The van der Waals surface area contributed by atoms with Gasteiger partial charge >= 0.3 is 11.8 Å². The Bertz CT molecular complexity index is 2140. The number of halogens is 1. The highest BCUT2D eigenvalue weighted by atomic mass is 35.5. The lowest BCUT2D eigenvalue weighted by Gasteiger charge is -2.41. The molecule has 0 saturated carbocycles. The summed E-state index contributed by atoms with van der Waals surface area (Å²) < 4.78 is 7.22. The van der Waals surface area contributed by atoms with E-state index in [0.29, 0.717) is 52.9 Å². The Balaban J connectivity index is 1.50. The molecule has 0 aliphatic carbocycles. The summed E-state index contributed by atoms with van der Waals surface area (Å²) in [6.45, 7) is 14.9. The van der Waals surface area contributed by atoms with Crippen molar-refractivity contribution in [3.05, 3.63) is 111 Å². The molecule has 0 N–H and O–H groups in total. The molecular formula is C40H43ClN6O3. The lowest BCUT2D eigenvalue weighted by atomic mass is 10.0. The van der Waals surface area contributed by atoms with Crippen LogP contribution < -0.4 is 10.6 Å². The largest absolute Gasteiger partial charge is 0.444 e.